The standard InChI is InChI=1S/C25H32FN3O5/c1-25(2,3)34-24(33)28-21(10-13-29-11-8-18(9-12-29)23(31)32)17-6-4-16(5-7-17)19-14-20(26)22(30)27-15-19/h4-7,14-15,18,21H,8-13H2,1-3H3,(H,27,30)(H,28,33)(H,31,32). The van der Waals surface area contributed by atoms with Crippen LogP contribution in [0.1, 0.15) is 51.6 Å². The maximum Gasteiger partial charge on any atom is 0.408 e. The lowest BCUT2D eigenvalue weighted by atomic mass is 9.96. The van der Waals surface area contributed by atoms with E-state index < -0.39 is 29.0 Å². The second-order valence-corrected chi connectivity index (χ2v) is 9.63. The summed E-state index contributed by atoms with van der Waals surface area (Å²) in [4.78, 5) is 39.5. The van der Waals surface area contributed by atoms with Gasteiger partial charge in [0.1, 0.15) is 5.60 Å². The van der Waals surface area contributed by atoms with E-state index in [1.807, 2.05) is 24.3 Å². The molecule has 34 heavy (non-hydrogen) atoms. The molecule has 2 heterocycles. The molecule has 1 atom stereocenters. The number of amides is 1. The quantitative estimate of drug-likeness (QED) is 0.562. The Hall–Kier alpha value is -3.20. The largest absolute Gasteiger partial charge is 0.481 e. The van der Waals surface area contributed by atoms with E-state index in [0.717, 1.165) is 11.1 Å². The SMILES string of the molecule is CC(C)(C)OC(=O)NC(CCN1CCC(C(=O)O)CC1)c1ccc(-c2c[nH]c(=O)c(F)c2)cc1. The first-order valence-electron chi connectivity index (χ1n) is 11.4. The van der Waals surface area contributed by atoms with Crippen molar-refractivity contribution in [2.75, 3.05) is 19.6 Å². The highest BCUT2D eigenvalue weighted by Gasteiger charge is 2.26. The van der Waals surface area contributed by atoms with E-state index >= 15 is 0 Å². The molecule has 1 saturated heterocycles. The Morgan fingerprint density at radius 3 is 2.41 bits per heavy atom. The van der Waals surface area contributed by atoms with Gasteiger partial charge in [-0.15, -0.1) is 0 Å². The lowest BCUT2D eigenvalue weighted by Crippen LogP contribution is -2.39. The average Bonchev–Trinajstić information content (AvgIpc) is 2.77. The number of carbonyl (C=O) groups excluding carboxylic acids is 1. The Kier molecular flexibility index (Phi) is 8.09. The van der Waals surface area contributed by atoms with Crippen LogP contribution in [0, 0.1) is 11.7 Å². The van der Waals surface area contributed by atoms with Gasteiger partial charge in [0.05, 0.1) is 12.0 Å². The molecule has 0 bridgehead atoms. The molecule has 0 radical (unpaired) electrons. The van der Waals surface area contributed by atoms with Crippen LogP contribution in [0.15, 0.2) is 41.3 Å². The van der Waals surface area contributed by atoms with Crippen LogP contribution in [-0.4, -0.2) is 52.3 Å². The number of carboxylic acids is 1. The van der Waals surface area contributed by atoms with Gasteiger partial charge in [0.15, 0.2) is 5.82 Å². The number of alkyl carbamates (subject to hydrolysis) is 1. The van der Waals surface area contributed by atoms with Gasteiger partial charge in [0.25, 0.3) is 5.56 Å². The number of nitrogens with one attached hydrogen (secondary N) is 2. The second kappa shape index (κ2) is 10.8. The lowest BCUT2D eigenvalue weighted by Gasteiger charge is -2.31. The number of ether oxygens (including phenoxy) is 1. The summed E-state index contributed by atoms with van der Waals surface area (Å²) in [6.45, 7) is 7.49. The van der Waals surface area contributed by atoms with Crippen molar-refractivity contribution in [3.05, 3.63) is 58.3 Å². The number of carboxylic acid groups (broad SMARTS) is 1. The summed E-state index contributed by atoms with van der Waals surface area (Å²) in [5.74, 6) is -1.89. The Morgan fingerprint density at radius 2 is 1.85 bits per heavy atom. The molecule has 0 aliphatic carbocycles. The van der Waals surface area contributed by atoms with Crippen LogP contribution in [0.4, 0.5) is 9.18 Å². The Balaban J connectivity index is 1.72. The number of aromatic amines is 1. The number of nitrogens with zero attached hydrogens (tertiary/aromatic N) is 1. The topological polar surface area (TPSA) is 112 Å². The lowest BCUT2D eigenvalue weighted by molar-refractivity contribution is -0.143. The maximum atomic E-state index is 13.7. The molecule has 1 fully saturated rings. The number of aliphatic carboxylic acids is 1. The fourth-order valence-electron chi connectivity index (χ4n) is 4.02. The van der Waals surface area contributed by atoms with Crippen molar-refractivity contribution in [2.45, 2.75) is 51.7 Å². The zero-order valence-electron chi connectivity index (χ0n) is 19.8. The summed E-state index contributed by atoms with van der Waals surface area (Å²) in [6, 6.07) is 8.20. The molecule has 1 amide bonds. The maximum absolute atomic E-state index is 13.7. The van der Waals surface area contributed by atoms with Crippen LogP contribution in [0.3, 0.4) is 0 Å². The number of benzene rings is 1. The van der Waals surface area contributed by atoms with E-state index in [0.29, 0.717) is 44.5 Å². The highest BCUT2D eigenvalue weighted by Crippen LogP contribution is 2.25. The minimum atomic E-state index is -0.849. The van der Waals surface area contributed by atoms with Gasteiger partial charge in [0, 0.05) is 18.3 Å². The van der Waals surface area contributed by atoms with Crippen molar-refractivity contribution in [1.82, 2.24) is 15.2 Å². The van der Waals surface area contributed by atoms with Crippen LogP contribution >= 0.6 is 0 Å². The molecule has 8 nitrogen and oxygen atoms in total. The molecule has 0 spiro atoms. The molecule has 1 unspecified atom stereocenters. The monoisotopic (exact) mass is 473 g/mol. The highest BCUT2D eigenvalue weighted by molar-refractivity contribution is 5.70. The normalized spacial score (nSPS) is 16.1. The van der Waals surface area contributed by atoms with Gasteiger partial charge >= 0.3 is 12.1 Å². The first-order chi connectivity index (χ1) is 16.0. The van der Waals surface area contributed by atoms with E-state index in [4.69, 9.17) is 4.74 Å². The predicted molar refractivity (Wildman–Crippen MR) is 126 cm³/mol. The molecule has 1 aliphatic rings. The van der Waals surface area contributed by atoms with Gasteiger partial charge in [-0.2, -0.15) is 0 Å². The number of carbonyl (C=O) groups is 2. The Bertz CT molecular complexity index is 1050. The number of halogens is 1. The van der Waals surface area contributed by atoms with Crippen molar-refractivity contribution in [1.29, 1.82) is 0 Å². The molecular formula is C25H32FN3O5. The summed E-state index contributed by atoms with van der Waals surface area (Å²) < 4.78 is 19.1. The number of rotatable bonds is 7. The van der Waals surface area contributed by atoms with Crippen molar-refractivity contribution in [3.8, 4) is 11.1 Å². The third kappa shape index (κ3) is 7.15. The first kappa shape index (κ1) is 25.4. The molecule has 2 aromatic rings. The summed E-state index contributed by atoms with van der Waals surface area (Å²) in [5, 5.41) is 12.1. The second-order valence-electron chi connectivity index (χ2n) is 9.63. The van der Waals surface area contributed by atoms with Gasteiger partial charge < -0.3 is 25.0 Å². The minimum absolute atomic E-state index is 0.294. The smallest absolute Gasteiger partial charge is 0.408 e. The van der Waals surface area contributed by atoms with Gasteiger partial charge in [-0.05, 0) is 70.3 Å². The van der Waals surface area contributed by atoms with Crippen molar-refractivity contribution >= 4 is 12.1 Å². The third-order valence-corrected chi connectivity index (χ3v) is 5.87. The number of hydrogen-bond donors (Lipinski definition) is 3. The molecule has 3 N–H and O–H groups in total. The number of H-pyrrole nitrogens is 1. The fraction of sp³-hybridized carbons (Fsp3) is 0.480. The molecular weight excluding hydrogens is 441 g/mol. The van der Waals surface area contributed by atoms with E-state index in [2.05, 4.69) is 15.2 Å². The molecule has 1 aliphatic heterocycles. The van der Waals surface area contributed by atoms with Crippen molar-refractivity contribution in [2.24, 2.45) is 5.92 Å². The zero-order valence-corrected chi connectivity index (χ0v) is 19.8. The first-order valence-corrected chi connectivity index (χ1v) is 11.4. The van der Waals surface area contributed by atoms with E-state index in [9.17, 15) is 23.9 Å². The highest BCUT2D eigenvalue weighted by atomic mass is 19.1. The van der Waals surface area contributed by atoms with Crippen LogP contribution in [0.2, 0.25) is 0 Å². The summed E-state index contributed by atoms with van der Waals surface area (Å²) in [7, 11) is 0. The third-order valence-electron chi connectivity index (χ3n) is 5.87. The summed E-state index contributed by atoms with van der Waals surface area (Å²) in [5.41, 5.74) is 0.729. The number of hydrogen-bond acceptors (Lipinski definition) is 5. The Labute approximate surface area is 198 Å². The van der Waals surface area contributed by atoms with Crippen LogP contribution in [0.25, 0.3) is 11.1 Å². The average molecular weight is 474 g/mol. The van der Waals surface area contributed by atoms with Crippen molar-refractivity contribution in [3.63, 3.8) is 0 Å². The molecule has 1 aromatic carbocycles. The molecule has 3 rings (SSSR count). The fourth-order valence-corrected chi connectivity index (χ4v) is 4.02. The van der Waals surface area contributed by atoms with E-state index in [-0.39, 0.29) is 12.0 Å². The van der Waals surface area contributed by atoms with Gasteiger partial charge in [0.2, 0.25) is 0 Å². The zero-order chi connectivity index (χ0) is 24.9. The van der Waals surface area contributed by atoms with E-state index in [1.165, 1.54) is 12.3 Å². The number of aromatic nitrogens is 1. The summed E-state index contributed by atoms with van der Waals surface area (Å²) >= 11 is 0. The van der Waals surface area contributed by atoms with Gasteiger partial charge in [-0.3, -0.25) is 9.59 Å². The van der Waals surface area contributed by atoms with Crippen molar-refractivity contribution < 1.29 is 23.8 Å². The van der Waals surface area contributed by atoms with Crippen LogP contribution < -0.4 is 10.9 Å². The number of piperidine rings is 1. The molecule has 1 aromatic heterocycles. The minimum Gasteiger partial charge on any atom is -0.481 e. The van der Waals surface area contributed by atoms with Crippen LogP contribution in [-0.2, 0) is 9.53 Å². The van der Waals surface area contributed by atoms with Crippen LogP contribution in [0.5, 0.6) is 0 Å². The van der Waals surface area contributed by atoms with Gasteiger partial charge in [-0.25, -0.2) is 9.18 Å². The summed E-state index contributed by atoms with van der Waals surface area (Å²) in [6.07, 6.45) is 2.78. The molecule has 9 heteroatoms. The number of pyridine rings is 1. The molecule has 0 saturated carbocycles. The molecule has 184 valence electrons. The van der Waals surface area contributed by atoms with Gasteiger partial charge in [-0.1, -0.05) is 24.3 Å². The number of likely N-dealkylation sites (tertiary alicyclic amines) is 1. The Morgan fingerprint density at radius 1 is 1.21 bits per heavy atom. The predicted octanol–water partition coefficient (Wildman–Crippen LogP) is 3.93. The van der Waals surface area contributed by atoms with E-state index in [1.54, 1.807) is 20.8 Å².